The van der Waals surface area contributed by atoms with E-state index in [1.807, 2.05) is 36.4 Å². The highest BCUT2D eigenvalue weighted by molar-refractivity contribution is 5.74. The predicted molar refractivity (Wildman–Crippen MR) is 66.2 cm³/mol. The molecule has 0 radical (unpaired) electrons. The van der Waals surface area contributed by atoms with Crippen LogP contribution in [0.1, 0.15) is 0 Å². The molecule has 3 rings (SSSR count). The van der Waals surface area contributed by atoms with E-state index in [1.54, 1.807) is 16.9 Å². The maximum atomic E-state index is 5.41. The Morgan fingerprint density at radius 3 is 2.76 bits per heavy atom. The van der Waals surface area contributed by atoms with E-state index >= 15 is 0 Å². The Kier molecular flexibility index (Phi) is 2.23. The van der Waals surface area contributed by atoms with Crippen molar-refractivity contribution in [1.82, 2.24) is 14.6 Å². The van der Waals surface area contributed by atoms with Crippen molar-refractivity contribution in [3.63, 3.8) is 0 Å². The first-order valence-corrected chi connectivity index (χ1v) is 5.25. The Labute approximate surface area is 97.9 Å². The molecule has 5 heteroatoms. The van der Waals surface area contributed by atoms with Crippen molar-refractivity contribution in [2.75, 3.05) is 5.43 Å². The molecule has 0 bridgehead atoms. The van der Waals surface area contributed by atoms with Gasteiger partial charge in [-0.25, -0.2) is 15.3 Å². The first-order chi connectivity index (χ1) is 8.38. The third-order valence-corrected chi connectivity index (χ3v) is 2.60. The van der Waals surface area contributed by atoms with E-state index in [0.29, 0.717) is 5.82 Å². The molecule has 2 aromatic heterocycles. The lowest BCUT2D eigenvalue weighted by molar-refractivity contribution is 0.949. The fraction of sp³-hybridized carbons (Fsp3) is 0. The van der Waals surface area contributed by atoms with Crippen LogP contribution in [0.4, 0.5) is 5.82 Å². The lowest BCUT2D eigenvalue weighted by Crippen LogP contribution is -2.09. The molecule has 3 aromatic rings. The zero-order chi connectivity index (χ0) is 11.7. The quantitative estimate of drug-likeness (QED) is 0.514. The number of nitrogens with two attached hydrogens (primary N) is 1. The molecule has 0 aliphatic heterocycles. The van der Waals surface area contributed by atoms with E-state index in [-0.39, 0.29) is 0 Å². The zero-order valence-electron chi connectivity index (χ0n) is 9.04. The summed E-state index contributed by atoms with van der Waals surface area (Å²) >= 11 is 0. The number of hydrazine groups is 1. The number of hydrogen-bond donors (Lipinski definition) is 2. The number of nitrogen functional groups attached to an aromatic ring is 1. The van der Waals surface area contributed by atoms with E-state index < -0.39 is 0 Å². The number of benzene rings is 1. The molecule has 0 aliphatic carbocycles. The van der Waals surface area contributed by atoms with E-state index in [2.05, 4.69) is 15.5 Å². The van der Waals surface area contributed by atoms with Crippen LogP contribution in [-0.2, 0) is 0 Å². The number of hydrogen-bond acceptors (Lipinski definition) is 4. The Balaban J connectivity index is 2.20. The van der Waals surface area contributed by atoms with Gasteiger partial charge in [-0.15, -0.1) is 0 Å². The van der Waals surface area contributed by atoms with Gasteiger partial charge in [0.2, 0.25) is 0 Å². The summed E-state index contributed by atoms with van der Waals surface area (Å²) in [6.07, 6.45) is 3.45. The van der Waals surface area contributed by atoms with Gasteiger partial charge in [0, 0.05) is 18.0 Å². The first kappa shape index (κ1) is 9.80. The largest absolute Gasteiger partial charge is 0.307 e. The molecule has 0 spiro atoms. The molecular formula is C12H11N5. The Morgan fingerprint density at radius 2 is 2.00 bits per heavy atom. The van der Waals surface area contributed by atoms with Gasteiger partial charge in [-0.05, 0) is 6.07 Å². The van der Waals surface area contributed by atoms with Crippen molar-refractivity contribution in [3.05, 3.63) is 48.8 Å². The zero-order valence-corrected chi connectivity index (χ0v) is 9.04. The van der Waals surface area contributed by atoms with Gasteiger partial charge in [0.05, 0.1) is 5.69 Å². The van der Waals surface area contributed by atoms with Crippen LogP contribution in [0.5, 0.6) is 0 Å². The van der Waals surface area contributed by atoms with Crippen LogP contribution in [0.3, 0.4) is 0 Å². The van der Waals surface area contributed by atoms with E-state index in [4.69, 9.17) is 5.84 Å². The van der Waals surface area contributed by atoms with Crippen molar-refractivity contribution in [1.29, 1.82) is 0 Å². The summed E-state index contributed by atoms with van der Waals surface area (Å²) in [5.41, 5.74) is 5.39. The summed E-state index contributed by atoms with van der Waals surface area (Å²) in [4.78, 5) is 4.14. The monoisotopic (exact) mass is 225 g/mol. The van der Waals surface area contributed by atoms with Gasteiger partial charge in [0.15, 0.2) is 5.82 Å². The van der Waals surface area contributed by atoms with Crippen LogP contribution in [0.15, 0.2) is 48.8 Å². The van der Waals surface area contributed by atoms with Gasteiger partial charge in [-0.1, -0.05) is 30.3 Å². The number of nitrogens with one attached hydrogen (secondary N) is 1. The standard InChI is InChI=1S/C12H11N5/c13-15-12-11-8-10(9-4-2-1-3-5-9)16-17(11)7-6-14-12/h1-8H,13H2,(H,14,15). The number of anilines is 1. The maximum Gasteiger partial charge on any atom is 0.166 e. The van der Waals surface area contributed by atoms with Gasteiger partial charge >= 0.3 is 0 Å². The summed E-state index contributed by atoms with van der Waals surface area (Å²) in [5.74, 6) is 6.02. The van der Waals surface area contributed by atoms with Crippen molar-refractivity contribution < 1.29 is 0 Å². The maximum absolute atomic E-state index is 5.41. The topological polar surface area (TPSA) is 68.2 Å². The van der Waals surface area contributed by atoms with Gasteiger partial charge in [-0.3, -0.25) is 0 Å². The smallest absolute Gasteiger partial charge is 0.166 e. The molecule has 1 aromatic carbocycles. The molecule has 0 atom stereocenters. The summed E-state index contributed by atoms with van der Waals surface area (Å²) in [6.45, 7) is 0. The third kappa shape index (κ3) is 1.62. The first-order valence-electron chi connectivity index (χ1n) is 5.25. The molecule has 0 aliphatic rings. The molecule has 0 saturated heterocycles. The van der Waals surface area contributed by atoms with Gasteiger partial charge in [0.1, 0.15) is 5.52 Å². The Hall–Kier alpha value is -2.40. The van der Waals surface area contributed by atoms with Gasteiger partial charge in [0.25, 0.3) is 0 Å². The second-order valence-electron chi connectivity index (χ2n) is 3.65. The third-order valence-electron chi connectivity index (χ3n) is 2.60. The number of nitrogens with zero attached hydrogens (tertiary/aromatic N) is 3. The molecule has 5 nitrogen and oxygen atoms in total. The summed E-state index contributed by atoms with van der Waals surface area (Å²) in [6, 6.07) is 11.9. The van der Waals surface area contributed by atoms with Crippen LogP contribution in [-0.4, -0.2) is 14.6 Å². The molecule has 0 unspecified atom stereocenters. The van der Waals surface area contributed by atoms with E-state index in [1.165, 1.54) is 0 Å². The van der Waals surface area contributed by atoms with Crippen LogP contribution in [0.25, 0.3) is 16.8 Å². The molecule has 17 heavy (non-hydrogen) atoms. The molecule has 3 N–H and O–H groups in total. The van der Waals surface area contributed by atoms with Crippen molar-refractivity contribution >= 4 is 11.3 Å². The molecule has 0 fully saturated rings. The molecule has 84 valence electrons. The Bertz CT molecular complexity index is 644. The normalized spacial score (nSPS) is 10.6. The fourth-order valence-corrected chi connectivity index (χ4v) is 1.78. The lowest BCUT2D eigenvalue weighted by Gasteiger charge is -1.98. The van der Waals surface area contributed by atoms with E-state index in [0.717, 1.165) is 16.8 Å². The molecule has 0 amide bonds. The predicted octanol–water partition coefficient (Wildman–Crippen LogP) is 1.68. The minimum absolute atomic E-state index is 0.613. The fourth-order valence-electron chi connectivity index (χ4n) is 1.78. The molecular weight excluding hydrogens is 214 g/mol. The second kappa shape index (κ2) is 3.88. The highest BCUT2D eigenvalue weighted by Crippen LogP contribution is 2.21. The van der Waals surface area contributed by atoms with Gasteiger partial charge < -0.3 is 5.43 Å². The van der Waals surface area contributed by atoms with Crippen LogP contribution in [0.2, 0.25) is 0 Å². The molecule has 0 saturated carbocycles. The van der Waals surface area contributed by atoms with Crippen molar-refractivity contribution in [3.8, 4) is 11.3 Å². The summed E-state index contributed by atoms with van der Waals surface area (Å²) in [5, 5.41) is 4.47. The average molecular weight is 225 g/mol. The molecule has 2 heterocycles. The van der Waals surface area contributed by atoms with Crippen molar-refractivity contribution in [2.45, 2.75) is 0 Å². The van der Waals surface area contributed by atoms with Crippen LogP contribution in [0, 0.1) is 0 Å². The SMILES string of the molecule is NNc1nccn2nc(-c3ccccc3)cc12. The average Bonchev–Trinajstić information content (AvgIpc) is 2.83. The number of rotatable bonds is 2. The number of aromatic nitrogens is 3. The highest BCUT2D eigenvalue weighted by atomic mass is 15.3. The minimum atomic E-state index is 0.613. The van der Waals surface area contributed by atoms with E-state index in [9.17, 15) is 0 Å². The Morgan fingerprint density at radius 1 is 1.18 bits per heavy atom. The highest BCUT2D eigenvalue weighted by Gasteiger charge is 2.07. The second-order valence-corrected chi connectivity index (χ2v) is 3.65. The number of fused-ring (bicyclic) bond motifs is 1. The minimum Gasteiger partial charge on any atom is -0.307 e. The van der Waals surface area contributed by atoms with Gasteiger partial charge in [-0.2, -0.15) is 5.10 Å². The summed E-state index contributed by atoms with van der Waals surface area (Å²) in [7, 11) is 0. The van der Waals surface area contributed by atoms with Crippen LogP contribution >= 0.6 is 0 Å². The lowest BCUT2D eigenvalue weighted by atomic mass is 10.1. The van der Waals surface area contributed by atoms with Crippen molar-refractivity contribution in [2.24, 2.45) is 5.84 Å². The van der Waals surface area contributed by atoms with Crippen LogP contribution < -0.4 is 11.3 Å². The summed E-state index contributed by atoms with van der Waals surface area (Å²) < 4.78 is 1.75.